The number of hydrogen-bond donors (Lipinski definition) is 0. The molecule has 0 aromatic heterocycles. The lowest BCUT2D eigenvalue weighted by Gasteiger charge is -2.36. The average molecular weight is 421 g/mol. The molecule has 3 aliphatic carbocycles. The van der Waals surface area contributed by atoms with Gasteiger partial charge in [-0.3, -0.25) is 0 Å². The van der Waals surface area contributed by atoms with E-state index >= 15 is 0 Å². The first-order valence-corrected chi connectivity index (χ1v) is 11.9. The van der Waals surface area contributed by atoms with Crippen LogP contribution in [0.15, 0.2) is 46.1 Å². The van der Waals surface area contributed by atoms with Gasteiger partial charge in [0.15, 0.2) is 0 Å². The van der Waals surface area contributed by atoms with Crippen molar-refractivity contribution in [3.63, 3.8) is 0 Å². The molecule has 5 heteroatoms. The topological polar surface area (TPSA) is 44.8 Å². The summed E-state index contributed by atoms with van der Waals surface area (Å²) >= 11 is -1.58. The SMILES string of the molecule is CC(OOS(=O)C1=CC=CCC1)OC1=CC2=C(CC1)C(C(C)C)C(C(C)(C)C)C2. The predicted octanol–water partition coefficient (Wildman–Crippen LogP) is 6.51. The van der Waals surface area contributed by atoms with Crippen LogP contribution in [-0.4, -0.2) is 10.5 Å². The molecular weight excluding hydrogens is 384 g/mol. The minimum atomic E-state index is -1.58. The highest BCUT2D eigenvalue weighted by molar-refractivity contribution is 7.84. The van der Waals surface area contributed by atoms with E-state index in [4.69, 9.17) is 14.0 Å². The van der Waals surface area contributed by atoms with Crippen molar-refractivity contribution in [1.82, 2.24) is 0 Å². The third kappa shape index (κ3) is 5.50. The summed E-state index contributed by atoms with van der Waals surface area (Å²) in [7, 11) is 0. The fourth-order valence-corrected chi connectivity index (χ4v) is 5.59. The summed E-state index contributed by atoms with van der Waals surface area (Å²) < 4.78 is 23.2. The molecule has 0 heterocycles. The van der Waals surface area contributed by atoms with Crippen LogP contribution in [-0.2, 0) is 25.0 Å². The van der Waals surface area contributed by atoms with Crippen LogP contribution in [0.5, 0.6) is 0 Å². The zero-order valence-electron chi connectivity index (χ0n) is 18.7. The molecule has 4 unspecified atom stereocenters. The van der Waals surface area contributed by atoms with E-state index in [1.165, 1.54) is 5.57 Å². The number of ether oxygens (including phenoxy) is 1. The largest absolute Gasteiger partial charge is 0.467 e. The van der Waals surface area contributed by atoms with Crippen molar-refractivity contribution in [3.05, 3.63) is 46.1 Å². The van der Waals surface area contributed by atoms with E-state index in [1.807, 2.05) is 18.2 Å². The van der Waals surface area contributed by atoms with E-state index in [0.717, 1.165) is 42.8 Å². The fraction of sp³-hybridized carbons (Fsp3) is 0.667. The summed E-state index contributed by atoms with van der Waals surface area (Å²) in [5.41, 5.74) is 3.36. The molecule has 0 aliphatic heterocycles. The third-order valence-corrected chi connectivity index (χ3v) is 7.21. The molecular formula is C24H36O4S. The number of hydrogen-bond acceptors (Lipinski definition) is 4. The van der Waals surface area contributed by atoms with E-state index in [1.54, 1.807) is 12.5 Å². The van der Waals surface area contributed by atoms with Crippen molar-refractivity contribution in [2.24, 2.45) is 23.2 Å². The summed E-state index contributed by atoms with van der Waals surface area (Å²) in [5.74, 6) is 2.90. The van der Waals surface area contributed by atoms with E-state index in [9.17, 15) is 4.21 Å². The van der Waals surface area contributed by atoms with E-state index < -0.39 is 17.4 Å². The standard InChI is InChI=1S/C24H36O4S/c1-16(2)23-21-13-12-19(14-18(21)15-22(23)24(4,5)6)26-17(3)27-28-29(25)20-10-8-7-9-11-20/h7-8,10,14,16-17,22-23H,9,11-13,15H2,1-6H3. The zero-order chi connectivity index (χ0) is 21.2. The second-order valence-electron chi connectivity index (χ2n) is 9.79. The van der Waals surface area contributed by atoms with Gasteiger partial charge in [0.1, 0.15) is 5.76 Å². The minimum Gasteiger partial charge on any atom is -0.467 e. The highest BCUT2D eigenvalue weighted by Crippen LogP contribution is 2.52. The quantitative estimate of drug-likeness (QED) is 0.268. The van der Waals surface area contributed by atoms with Crippen molar-refractivity contribution in [1.29, 1.82) is 0 Å². The summed E-state index contributed by atoms with van der Waals surface area (Å²) in [6.07, 6.45) is 12.0. The van der Waals surface area contributed by atoms with Crippen molar-refractivity contribution in [2.45, 2.75) is 79.9 Å². The first-order valence-electron chi connectivity index (χ1n) is 10.9. The maximum absolute atomic E-state index is 12.2. The predicted molar refractivity (Wildman–Crippen MR) is 118 cm³/mol. The van der Waals surface area contributed by atoms with Crippen molar-refractivity contribution in [3.8, 4) is 0 Å². The van der Waals surface area contributed by atoms with Gasteiger partial charge in [-0.15, -0.1) is 4.33 Å². The van der Waals surface area contributed by atoms with Gasteiger partial charge in [-0.25, -0.2) is 4.21 Å². The number of rotatable bonds is 7. The van der Waals surface area contributed by atoms with Crippen LogP contribution < -0.4 is 0 Å². The van der Waals surface area contributed by atoms with Crippen molar-refractivity contribution in [2.75, 3.05) is 0 Å². The molecule has 0 aromatic carbocycles. The highest BCUT2D eigenvalue weighted by Gasteiger charge is 2.42. The Kier molecular flexibility index (Phi) is 7.23. The smallest absolute Gasteiger partial charge is 0.229 e. The molecule has 4 atom stereocenters. The maximum atomic E-state index is 12.2. The Balaban J connectivity index is 1.59. The molecule has 0 fully saturated rings. The third-order valence-electron chi connectivity index (χ3n) is 6.24. The minimum absolute atomic E-state index is 0.290. The molecule has 0 saturated heterocycles. The van der Waals surface area contributed by atoms with Gasteiger partial charge in [0.05, 0.1) is 0 Å². The van der Waals surface area contributed by atoms with Crippen LogP contribution in [0, 0.1) is 23.2 Å². The molecule has 0 N–H and O–H groups in total. The first kappa shape index (κ1) is 22.5. The van der Waals surface area contributed by atoms with E-state index in [2.05, 4.69) is 40.7 Å². The van der Waals surface area contributed by atoms with Crippen molar-refractivity contribution < 1.29 is 18.2 Å². The molecule has 0 saturated carbocycles. The Bertz CT molecular complexity index is 751. The summed E-state index contributed by atoms with van der Waals surface area (Å²) in [6.45, 7) is 13.5. The molecule has 0 spiro atoms. The van der Waals surface area contributed by atoms with Crippen LogP contribution in [0.4, 0.5) is 0 Å². The van der Waals surface area contributed by atoms with Gasteiger partial charge < -0.3 is 4.74 Å². The second kappa shape index (κ2) is 9.32. The highest BCUT2D eigenvalue weighted by atomic mass is 32.2. The Hall–Kier alpha value is -1.17. The Morgan fingerprint density at radius 2 is 1.90 bits per heavy atom. The second-order valence-corrected chi connectivity index (χ2v) is 10.9. The lowest BCUT2D eigenvalue weighted by molar-refractivity contribution is -0.297. The molecule has 162 valence electrons. The monoisotopic (exact) mass is 420 g/mol. The Morgan fingerprint density at radius 1 is 1.14 bits per heavy atom. The molecule has 0 aromatic rings. The van der Waals surface area contributed by atoms with Gasteiger partial charge >= 0.3 is 0 Å². The molecule has 0 bridgehead atoms. The van der Waals surface area contributed by atoms with Gasteiger partial charge in [-0.05, 0) is 66.6 Å². The first-order chi connectivity index (χ1) is 13.7. The maximum Gasteiger partial charge on any atom is 0.229 e. The van der Waals surface area contributed by atoms with Crippen LogP contribution in [0.25, 0.3) is 0 Å². The normalized spacial score (nSPS) is 26.9. The average Bonchev–Trinajstić information content (AvgIpc) is 3.06. The Labute approximate surface area is 178 Å². The Morgan fingerprint density at radius 3 is 2.52 bits per heavy atom. The van der Waals surface area contributed by atoms with Gasteiger partial charge in [0, 0.05) is 18.2 Å². The van der Waals surface area contributed by atoms with Crippen LogP contribution in [0.3, 0.4) is 0 Å². The molecule has 0 radical (unpaired) electrons. The van der Waals surface area contributed by atoms with E-state index in [0.29, 0.717) is 23.2 Å². The summed E-state index contributed by atoms with van der Waals surface area (Å²) in [4.78, 5) is 6.00. The fourth-order valence-electron chi connectivity index (χ4n) is 4.85. The lowest BCUT2D eigenvalue weighted by Crippen LogP contribution is -2.29. The molecule has 3 rings (SSSR count). The van der Waals surface area contributed by atoms with E-state index in [-0.39, 0.29) is 0 Å². The molecule has 29 heavy (non-hydrogen) atoms. The zero-order valence-corrected chi connectivity index (χ0v) is 19.5. The van der Waals surface area contributed by atoms with Gasteiger partial charge in [0.2, 0.25) is 17.4 Å². The van der Waals surface area contributed by atoms with Crippen LogP contribution in [0.2, 0.25) is 0 Å². The lowest BCUT2D eigenvalue weighted by atomic mass is 9.69. The molecule has 4 nitrogen and oxygen atoms in total. The van der Waals surface area contributed by atoms with Crippen LogP contribution in [0.1, 0.15) is 73.6 Å². The molecule has 3 aliphatic rings. The number of allylic oxidation sites excluding steroid dienone is 8. The van der Waals surface area contributed by atoms with Crippen molar-refractivity contribution >= 4 is 11.1 Å². The molecule has 0 amide bonds. The van der Waals surface area contributed by atoms with Gasteiger partial charge in [-0.2, -0.15) is 4.89 Å². The summed E-state index contributed by atoms with van der Waals surface area (Å²) in [6, 6.07) is 0. The summed E-state index contributed by atoms with van der Waals surface area (Å²) in [5, 5.41) is 0. The van der Waals surface area contributed by atoms with Gasteiger partial charge in [0.25, 0.3) is 0 Å². The van der Waals surface area contributed by atoms with Gasteiger partial charge in [-0.1, -0.05) is 52.3 Å². The van der Waals surface area contributed by atoms with Crippen LogP contribution >= 0.6 is 0 Å².